The second kappa shape index (κ2) is 7.76. The van der Waals surface area contributed by atoms with Crippen LogP contribution in [0.25, 0.3) is 0 Å². The Bertz CT molecular complexity index is 742. The Hall–Kier alpha value is -2.37. The molecule has 1 heterocycles. The van der Waals surface area contributed by atoms with E-state index >= 15 is 0 Å². The van der Waals surface area contributed by atoms with Crippen LogP contribution in [-0.2, 0) is 0 Å². The van der Waals surface area contributed by atoms with Gasteiger partial charge in [0.15, 0.2) is 0 Å². The second-order valence-corrected chi connectivity index (χ2v) is 5.29. The molecule has 0 saturated heterocycles. The Balaban J connectivity index is 2.20. The largest absolute Gasteiger partial charge is 0.349 e. The summed E-state index contributed by atoms with van der Waals surface area (Å²) in [6, 6.07) is 7.78. The molecule has 0 unspecified atom stereocenters. The van der Waals surface area contributed by atoms with Crippen LogP contribution in [0.5, 0.6) is 0 Å². The summed E-state index contributed by atoms with van der Waals surface area (Å²) in [5, 5.41) is 5.84. The van der Waals surface area contributed by atoms with Gasteiger partial charge in [-0.05, 0) is 24.3 Å². The number of aromatic nitrogens is 1. The molecule has 0 spiro atoms. The zero-order valence-electron chi connectivity index (χ0n) is 12.0. The number of halogens is 2. The molecule has 1 aromatic carbocycles. The van der Waals surface area contributed by atoms with Crippen molar-refractivity contribution in [1.29, 1.82) is 0 Å². The van der Waals surface area contributed by atoms with Crippen molar-refractivity contribution < 1.29 is 9.59 Å². The van der Waals surface area contributed by atoms with Gasteiger partial charge in [0.2, 0.25) is 0 Å². The first-order valence-corrected chi connectivity index (χ1v) is 7.39. The maximum Gasteiger partial charge on any atom is 0.274 e. The third-order valence-electron chi connectivity index (χ3n) is 2.86. The summed E-state index contributed by atoms with van der Waals surface area (Å²) in [6.45, 7) is 3.85. The maximum atomic E-state index is 12.3. The minimum absolute atomic E-state index is 0.0761. The van der Waals surface area contributed by atoms with Crippen LogP contribution in [0.3, 0.4) is 0 Å². The zero-order valence-corrected chi connectivity index (χ0v) is 13.5. The van der Waals surface area contributed by atoms with Gasteiger partial charge in [0, 0.05) is 18.3 Å². The Morgan fingerprint density at radius 3 is 2.52 bits per heavy atom. The summed E-state index contributed by atoms with van der Waals surface area (Å²) < 4.78 is 0. The number of carbonyl (C=O) groups is 2. The molecular weight excluding hydrogens is 337 g/mol. The molecule has 118 valence electrons. The number of para-hydroxylation sites is 1. The molecule has 2 amide bonds. The van der Waals surface area contributed by atoms with Crippen LogP contribution >= 0.6 is 23.2 Å². The number of nitrogens with zero attached hydrogens (tertiary/aromatic N) is 1. The molecule has 0 aliphatic carbocycles. The first kappa shape index (κ1) is 17.0. The number of carbonyl (C=O) groups excluding carboxylic acids is 2. The molecule has 2 aromatic rings. The van der Waals surface area contributed by atoms with Crippen molar-refractivity contribution in [2.75, 3.05) is 11.9 Å². The highest BCUT2D eigenvalue weighted by Gasteiger charge is 2.14. The van der Waals surface area contributed by atoms with Gasteiger partial charge in [-0.15, -0.1) is 6.58 Å². The lowest BCUT2D eigenvalue weighted by Gasteiger charge is -2.09. The molecule has 0 aliphatic heterocycles. The van der Waals surface area contributed by atoms with Crippen molar-refractivity contribution in [2.24, 2.45) is 0 Å². The third-order valence-corrected chi connectivity index (χ3v) is 3.49. The van der Waals surface area contributed by atoms with Gasteiger partial charge in [-0.3, -0.25) is 14.6 Å². The van der Waals surface area contributed by atoms with E-state index in [1.165, 1.54) is 18.3 Å². The van der Waals surface area contributed by atoms with E-state index in [1.54, 1.807) is 24.3 Å². The number of benzene rings is 1. The smallest absolute Gasteiger partial charge is 0.274 e. The monoisotopic (exact) mass is 349 g/mol. The number of nitrogens with one attached hydrogen (secondary N) is 2. The van der Waals surface area contributed by atoms with Gasteiger partial charge in [-0.25, -0.2) is 0 Å². The molecule has 0 aliphatic rings. The second-order valence-electron chi connectivity index (χ2n) is 4.48. The number of amides is 2. The average molecular weight is 350 g/mol. The van der Waals surface area contributed by atoms with E-state index in [9.17, 15) is 9.59 Å². The average Bonchev–Trinajstić information content (AvgIpc) is 2.56. The topological polar surface area (TPSA) is 71.1 Å². The molecule has 0 radical (unpaired) electrons. The van der Waals surface area contributed by atoms with Gasteiger partial charge in [-0.1, -0.05) is 35.3 Å². The first-order valence-electron chi connectivity index (χ1n) is 6.63. The highest BCUT2D eigenvalue weighted by Crippen LogP contribution is 2.30. The molecule has 0 fully saturated rings. The standard InChI is InChI=1S/C16H13Cl2N3O2/c1-2-7-20-15(22)10-6-8-19-13(9-10)16(23)21-14-11(17)4-3-5-12(14)18/h2-6,8-9H,1,7H2,(H,20,22)(H,21,23). The van der Waals surface area contributed by atoms with E-state index in [0.29, 0.717) is 27.8 Å². The van der Waals surface area contributed by atoms with E-state index in [0.717, 1.165) is 0 Å². The van der Waals surface area contributed by atoms with Crippen LogP contribution in [0.1, 0.15) is 20.8 Å². The minimum atomic E-state index is -0.515. The quantitative estimate of drug-likeness (QED) is 0.810. The summed E-state index contributed by atoms with van der Waals surface area (Å²) in [7, 11) is 0. The summed E-state index contributed by atoms with van der Waals surface area (Å²) in [5.41, 5.74) is 0.689. The van der Waals surface area contributed by atoms with Crippen LogP contribution < -0.4 is 10.6 Å². The van der Waals surface area contributed by atoms with Crippen molar-refractivity contribution in [2.45, 2.75) is 0 Å². The molecule has 2 rings (SSSR count). The molecule has 23 heavy (non-hydrogen) atoms. The zero-order chi connectivity index (χ0) is 16.8. The SMILES string of the molecule is C=CCNC(=O)c1ccnc(C(=O)Nc2c(Cl)cccc2Cl)c1. The van der Waals surface area contributed by atoms with Gasteiger partial charge in [0.05, 0.1) is 15.7 Å². The Labute approximate surface area is 143 Å². The van der Waals surface area contributed by atoms with Crippen LogP contribution in [0, 0.1) is 0 Å². The fourth-order valence-electron chi connectivity index (χ4n) is 1.76. The van der Waals surface area contributed by atoms with E-state index in [4.69, 9.17) is 23.2 Å². The van der Waals surface area contributed by atoms with Crippen molar-refractivity contribution in [1.82, 2.24) is 10.3 Å². The van der Waals surface area contributed by atoms with Crippen molar-refractivity contribution >= 4 is 40.7 Å². The molecule has 2 N–H and O–H groups in total. The fourth-order valence-corrected chi connectivity index (χ4v) is 2.25. The number of rotatable bonds is 5. The van der Waals surface area contributed by atoms with Crippen molar-refractivity contribution in [3.8, 4) is 0 Å². The summed E-state index contributed by atoms with van der Waals surface area (Å²) in [5.74, 6) is -0.838. The maximum absolute atomic E-state index is 12.3. The molecule has 1 aromatic heterocycles. The summed E-state index contributed by atoms with van der Waals surface area (Å²) in [4.78, 5) is 28.1. The van der Waals surface area contributed by atoms with Gasteiger partial charge < -0.3 is 10.6 Å². The Morgan fingerprint density at radius 2 is 1.87 bits per heavy atom. The lowest BCUT2D eigenvalue weighted by Crippen LogP contribution is -2.24. The Morgan fingerprint density at radius 1 is 1.17 bits per heavy atom. The number of hydrogen-bond acceptors (Lipinski definition) is 3. The molecule has 0 bridgehead atoms. The van der Waals surface area contributed by atoms with Crippen molar-refractivity contribution in [3.63, 3.8) is 0 Å². The summed E-state index contributed by atoms with van der Waals surface area (Å²) >= 11 is 12.0. The van der Waals surface area contributed by atoms with Gasteiger partial charge in [0.25, 0.3) is 11.8 Å². The van der Waals surface area contributed by atoms with Gasteiger partial charge >= 0.3 is 0 Å². The van der Waals surface area contributed by atoms with Crippen molar-refractivity contribution in [3.05, 3.63) is 70.5 Å². The number of anilines is 1. The van der Waals surface area contributed by atoms with Gasteiger partial charge in [-0.2, -0.15) is 0 Å². The predicted molar refractivity (Wildman–Crippen MR) is 91.2 cm³/mol. The fraction of sp³-hybridized carbons (Fsp3) is 0.0625. The Kier molecular flexibility index (Phi) is 5.73. The van der Waals surface area contributed by atoms with Crippen LogP contribution in [0.2, 0.25) is 10.0 Å². The van der Waals surface area contributed by atoms with E-state index in [2.05, 4.69) is 22.2 Å². The number of hydrogen-bond donors (Lipinski definition) is 2. The highest BCUT2D eigenvalue weighted by atomic mass is 35.5. The molecule has 0 saturated carbocycles. The molecule has 7 heteroatoms. The van der Waals surface area contributed by atoms with Crippen LogP contribution in [0.15, 0.2) is 49.2 Å². The predicted octanol–water partition coefficient (Wildman–Crippen LogP) is 3.56. The van der Waals surface area contributed by atoms with Crippen LogP contribution in [-0.4, -0.2) is 23.3 Å². The molecular formula is C16H13Cl2N3O2. The third kappa shape index (κ3) is 4.31. The number of pyridine rings is 1. The first-order chi connectivity index (χ1) is 11.0. The lowest BCUT2D eigenvalue weighted by molar-refractivity contribution is 0.0958. The van der Waals surface area contributed by atoms with E-state index in [-0.39, 0.29) is 11.6 Å². The van der Waals surface area contributed by atoms with Gasteiger partial charge in [0.1, 0.15) is 5.69 Å². The molecule has 0 atom stereocenters. The molecule has 5 nitrogen and oxygen atoms in total. The van der Waals surface area contributed by atoms with E-state index in [1.807, 2.05) is 0 Å². The highest BCUT2D eigenvalue weighted by molar-refractivity contribution is 6.40. The van der Waals surface area contributed by atoms with Crippen LogP contribution in [0.4, 0.5) is 5.69 Å². The van der Waals surface area contributed by atoms with E-state index < -0.39 is 5.91 Å². The summed E-state index contributed by atoms with van der Waals surface area (Å²) in [6.07, 6.45) is 2.94. The normalized spacial score (nSPS) is 10.0. The minimum Gasteiger partial charge on any atom is -0.349 e. The lowest BCUT2D eigenvalue weighted by atomic mass is 10.2.